The number of hydrogen-bond acceptors (Lipinski definition) is 8. The average molecular weight is 507 g/mol. The van der Waals surface area contributed by atoms with E-state index in [1.807, 2.05) is 43.2 Å². The molecule has 1 aliphatic carbocycles. The molecule has 0 aromatic carbocycles. The first-order chi connectivity index (χ1) is 15.1. The standard InChI is InChI=1S/C23H38O4S4/c1-17-14-18(26-22(24)8-4-2-6-20-10-12-28-30-20)16-19(15-17)27-23(25)9-5-3-7-21-11-13-29-31-21/h17-21H,2-16H2,1H3. The SMILES string of the molecule is CC1CC(OC(=O)CCCCC2CCSS2)CC(OC(=O)CCCCC2CCSS2)C1. The molecule has 3 rings (SSSR count). The Kier molecular flexibility index (Phi) is 12.2. The molecule has 0 N–H and O–H groups in total. The van der Waals surface area contributed by atoms with Gasteiger partial charge in [0.05, 0.1) is 0 Å². The van der Waals surface area contributed by atoms with E-state index in [2.05, 4.69) is 6.92 Å². The molecule has 31 heavy (non-hydrogen) atoms. The zero-order chi connectivity index (χ0) is 21.9. The summed E-state index contributed by atoms with van der Waals surface area (Å²) < 4.78 is 11.5. The van der Waals surface area contributed by atoms with Gasteiger partial charge in [0.1, 0.15) is 12.2 Å². The number of unbranched alkanes of at least 4 members (excludes halogenated alkanes) is 2. The van der Waals surface area contributed by atoms with E-state index in [-0.39, 0.29) is 24.1 Å². The van der Waals surface area contributed by atoms with Crippen LogP contribution in [0, 0.1) is 5.92 Å². The third kappa shape index (κ3) is 10.4. The lowest BCUT2D eigenvalue weighted by atomic mass is 9.86. The molecule has 0 bridgehead atoms. The fourth-order valence-electron chi connectivity index (χ4n) is 4.57. The monoisotopic (exact) mass is 506 g/mol. The maximum atomic E-state index is 12.3. The Morgan fingerprint density at radius 3 is 1.65 bits per heavy atom. The number of carbonyl (C=O) groups excluding carboxylic acids is 2. The van der Waals surface area contributed by atoms with Crippen molar-refractivity contribution in [3.05, 3.63) is 0 Å². The summed E-state index contributed by atoms with van der Waals surface area (Å²) >= 11 is 0. The predicted molar refractivity (Wildman–Crippen MR) is 137 cm³/mol. The molecule has 2 saturated heterocycles. The van der Waals surface area contributed by atoms with Crippen molar-refractivity contribution in [1.82, 2.24) is 0 Å². The van der Waals surface area contributed by atoms with Crippen molar-refractivity contribution in [2.45, 2.75) is 113 Å². The topological polar surface area (TPSA) is 52.6 Å². The van der Waals surface area contributed by atoms with Crippen LogP contribution < -0.4 is 0 Å². The van der Waals surface area contributed by atoms with Crippen LogP contribution in [-0.4, -0.2) is 46.2 Å². The molecule has 4 unspecified atom stereocenters. The third-order valence-electron chi connectivity index (χ3n) is 6.22. The van der Waals surface area contributed by atoms with Gasteiger partial charge in [-0.1, -0.05) is 62.9 Å². The number of ether oxygens (including phenoxy) is 2. The van der Waals surface area contributed by atoms with Gasteiger partial charge in [0, 0.05) is 41.3 Å². The van der Waals surface area contributed by atoms with Gasteiger partial charge in [0.15, 0.2) is 0 Å². The Balaban J connectivity index is 1.26. The molecule has 4 nitrogen and oxygen atoms in total. The molecule has 0 aromatic rings. The fraction of sp³-hybridized carbons (Fsp3) is 0.913. The normalized spacial score (nSPS) is 30.9. The summed E-state index contributed by atoms with van der Waals surface area (Å²) in [5, 5.41) is 1.55. The number of hydrogen-bond donors (Lipinski definition) is 0. The summed E-state index contributed by atoms with van der Waals surface area (Å²) in [4.78, 5) is 24.6. The van der Waals surface area contributed by atoms with Gasteiger partial charge < -0.3 is 9.47 Å². The highest BCUT2D eigenvalue weighted by atomic mass is 33.1. The molecule has 0 spiro atoms. The summed E-state index contributed by atoms with van der Waals surface area (Å²) in [6.45, 7) is 2.16. The average Bonchev–Trinajstić information content (AvgIpc) is 3.42. The van der Waals surface area contributed by atoms with Crippen LogP contribution in [-0.2, 0) is 19.1 Å². The van der Waals surface area contributed by atoms with Crippen molar-refractivity contribution in [3.8, 4) is 0 Å². The van der Waals surface area contributed by atoms with Gasteiger partial charge >= 0.3 is 11.9 Å². The molecule has 0 aromatic heterocycles. The molecule has 2 heterocycles. The molecule has 1 saturated carbocycles. The smallest absolute Gasteiger partial charge is 0.306 e. The minimum atomic E-state index is -0.104. The molecule has 3 fully saturated rings. The number of rotatable bonds is 12. The minimum absolute atomic E-state index is 0.0828. The Labute approximate surface area is 204 Å². The lowest BCUT2D eigenvalue weighted by Crippen LogP contribution is -2.34. The summed E-state index contributed by atoms with van der Waals surface area (Å²) in [6.07, 6.45) is 12.3. The minimum Gasteiger partial charge on any atom is -0.462 e. The van der Waals surface area contributed by atoms with Gasteiger partial charge in [-0.25, -0.2) is 0 Å². The molecule has 178 valence electrons. The van der Waals surface area contributed by atoms with Crippen LogP contribution in [0.5, 0.6) is 0 Å². The molecule has 0 amide bonds. The van der Waals surface area contributed by atoms with E-state index in [1.54, 1.807) is 0 Å². The Bertz CT molecular complexity index is 504. The van der Waals surface area contributed by atoms with Crippen LogP contribution in [0.2, 0.25) is 0 Å². The van der Waals surface area contributed by atoms with Crippen LogP contribution >= 0.6 is 43.2 Å². The van der Waals surface area contributed by atoms with Crippen molar-refractivity contribution < 1.29 is 19.1 Å². The van der Waals surface area contributed by atoms with E-state index in [1.165, 1.54) is 37.2 Å². The molecule has 4 atom stereocenters. The van der Waals surface area contributed by atoms with Crippen molar-refractivity contribution in [3.63, 3.8) is 0 Å². The highest BCUT2D eigenvalue weighted by molar-refractivity contribution is 8.77. The lowest BCUT2D eigenvalue weighted by molar-refractivity contribution is -0.160. The third-order valence-corrected chi connectivity index (χ3v) is 12.2. The van der Waals surface area contributed by atoms with E-state index in [4.69, 9.17) is 9.47 Å². The molecular formula is C23H38O4S4. The first-order valence-corrected chi connectivity index (χ1v) is 16.8. The zero-order valence-electron chi connectivity index (χ0n) is 18.8. The fourth-order valence-corrected chi connectivity index (χ4v) is 10.6. The summed E-state index contributed by atoms with van der Waals surface area (Å²) in [5.41, 5.74) is 0. The second kappa shape index (κ2) is 14.6. The Morgan fingerprint density at radius 1 is 0.742 bits per heavy atom. The predicted octanol–water partition coefficient (Wildman–Crippen LogP) is 7.06. The summed E-state index contributed by atoms with van der Waals surface area (Å²) in [5.74, 6) is 2.78. The first kappa shape index (κ1) is 26.0. The van der Waals surface area contributed by atoms with E-state index < -0.39 is 0 Å². The molecular weight excluding hydrogens is 469 g/mol. The zero-order valence-corrected chi connectivity index (χ0v) is 22.0. The van der Waals surface area contributed by atoms with Gasteiger partial charge in [0.25, 0.3) is 0 Å². The van der Waals surface area contributed by atoms with E-state index >= 15 is 0 Å². The lowest BCUT2D eigenvalue weighted by Gasteiger charge is -2.32. The van der Waals surface area contributed by atoms with Gasteiger partial charge in [0.2, 0.25) is 0 Å². The Hall–Kier alpha value is 0.340. The van der Waals surface area contributed by atoms with Crippen molar-refractivity contribution >= 4 is 55.1 Å². The van der Waals surface area contributed by atoms with Crippen LogP contribution in [0.3, 0.4) is 0 Å². The van der Waals surface area contributed by atoms with E-state index in [0.717, 1.165) is 49.0 Å². The largest absolute Gasteiger partial charge is 0.462 e. The maximum Gasteiger partial charge on any atom is 0.306 e. The molecule has 0 radical (unpaired) electrons. The quantitative estimate of drug-likeness (QED) is 0.158. The molecule has 8 heteroatoms. The number of carbonyl (C=O) groups is 2. The van der Waals surface area contributed by atoms with E-state index in [0.29, 0.717) is 25.2 Å². The van der Waals surface area contributed by atoms with Gasteiger partial charge in [-0.3, -0.25) is 9.59 Å². The van der Waals surface area contributed by atoms with Gasteiger partial charge in [-0.2, -0.15) is 0 Å². The van der Waals surface area contributed by atoms with Gasteiger partial charge in [-0.15, -0.1) is 0 Å². The Morgan fingerprint density at radius 2 is 1.23 bits per heavy atom. The second-order valence-electron chi connectivity index (χ2n) is 9.19. The molecule has 2 aliphatic heterocycles. The van der Waals surface area contributed by atoms with Crippen LogP contribution in [0.4, 0.5) is 0 Å². The highest BCUT2D eigenvalue weighted by Crippen LogP contribution is 2.40. The maximum absolute atomic E-state index is 12.3. The van der Waals surface area contributed by atoms with E-state index in [9.17, 15) is 9.59 Å². The molecule has 3 aliphatic rings. The summed E-state index contributed by atoms with van der Waals surface area (Å²) in [7, 11) is 7.95. The van der Waals surface area contributed by atoms with Gasteiger partial charge in [-0.05, 0) is 57.3 Å². The van der Waals surface area contributed by atoms with Crippen molar-refractivity contribution in [1.29, 1.82) is 0 Å². The first-order valence-electron chi connectivity index (χ1n) is 12.0. The van der Waals surface area contributed by atoms with Crippen molar-refractivity contribution in [2.75, 3.05) is 11.5 Å². The number of esters is 2. The second-order valence-corrected chi connectivity index (χ2v) is 14.8. The van der Waals surface area contributed by atoms with Crippen LogP contribution in [0.1, 0.15) is 90.4 Å². The van der Waals surface area contributed by atoms with Crippen molar-refractivity contribution in [2.24, 2.45) is 5.92 Å². The highest BCUT2D eigenvalue weighted by Gasteiger charge is 2.31. The summed E-state index contributed by atoms with van der Waals surface area (Å²) in [6, 6.07) is 0. The van der Waals surface area contributed by atoms with Crippen LogP contribution in [0.25, 0.3) is 0 Å². The van der Waals surface area contributed by atoms with Crippen LogP contribution in [0.15, 0.2) is 0 Å².